The molecule has 0 fully saturated rings. The number of nitrogens with one attached hydrogen (secondary N) is 1. The standard InChI is InChI=1S/C15H15N/c1-11-8-9-12(2)14(10-11)15(16)13-6-4-3-5-7-13/h3-10,16H,1-2H3. The Kier molecular flexibility index (Phi) is 2.86. The van der Waals surface area contributed by atoms with Gasteiger partial charge in [-0.05, 0) is 25.5 Å². The summed E-state index contributed by atoms with van der Waals surface area (Å²) in [7, 11) is 0. The van der Waals surface area contributed by atoms with Crippen LogP contribution in [0.1, 0.15) is 22.3 Å². The molecular formula is C15H15N. The maximum absolute atomic E-state index is 8.21. The van der Waals surface area contributed by atoms with Crippen LogP contribution in [0.25, 0.3) is 0 Å². The molecule has 0 radical (unpaired) electrons. The van der Waals surface area contributed by atoms with Gasteiger partial charge in [0, 0.05) is 11.1 Å². The molecule has 0 spiro atoms. The Morgan fingerprint density at radius 3 is 2.31 bits per heavy atom. The third-order valence-electron chi connectivity index (χ3n) is 2.72. The van der Waals surface area contributed by atoms with E-state index in [1.165, 1.54) is 5.56 Å². The van der Waals surface area contributed by atoms with Crippen LogP contribution in [0.2, 0.25) is 0 Å². The summed E-state index contributed by atoms with van der Waals surface area (Å²) in [4.78, 5) is 0. The van der Waals surface area contributed by atoms with E-state index in [-0.39, 0.29) is 0 Å². The Morgan fingerprint density at radius 2 is 1.62 bits per heavy atom. The molecule has 16 heavy (non-hydrogen) atoms. The van der Waals surface area contributed by atoms with Crippen molar-refractivity contribution in [1.82, 2.24) is 0 Å². The maximum atomic E-state index is 8.21. The Hall–Kier alpha value is -1.89. The van der Waals surface area contributed by atoms with Gasteiger partial charge < -0.3 is 0 Å². The fourth-order valence-corrected chi connectivity index (χ4v) is 1.77. The van der Waals surface area contributed by atoms with E-state index < -0.39 is 0 Å². The van der Waals surface area contributed by atoms with Crippen LogP contribution in [-0.2, 0) is 0 Å². The summed E-state index contributed by atoms with van der Waals surface area (Å²) in [6, 6.07) is 16.1. The summed E-state index contributed by atoms with van der Waals surface area (Å²) >= 11 is 0. The van der Waals surface area contributed by atoms with Crippen LogP contribution in [0.4, 0.5) is 0 Å². The van der Waals surface area contributed by atoms with Crippen molar-refractivity contribution in [1.29, 1.82) is 5.41 Å². The number of benzene rings is 2. The van der Waals surface area contributed by atoms with Crippen molar-refractivity contribution < 1.29 is 0 Å². The van der Waals surface area contributed by atoms with Crippen LogP contribution in [0.3, 0.4) is 0 Å². The number of hydrogen-bond acceptors (Lipinski definition) is 1. The van der Waals surface area contributed by atoms with E-state index >= 15 is 0 Å². The Bertz CT molecular complexity index is 512. The zero-order valence-electron chi connectivity index (χ0n) is 9.62. The Morgan fingerprint density at radius 1 is 0.938 bits per heavy atom. The molecule has 2 aromatic rings. The van der Waals surface area contributed by atoms with Gasteiger partial charge in [0.1, 0.15) is 0 Å². The van der Waals surface area contributed by atoms with Gasteiger partial charge in [0.15, 0.2) is 0 Å². The average molecular weight is 209 g/mol. The van der Waals surface area contributed by atoms with Crippen molar-refractivity contribution in [3.05, 3.63) is 70.8 Å². The van der Waals surface area contributed by atoms with Gasteiger partial charge in [0.25, 0.3) is 0 Å². The van der Waals surface area contributed by atoms with E-state index in [0.717, 1.165) is 16.7 Å². The lowest BCUT2D eigenvalue weighted by atomic mass is 9.97. The summed E-state index contributed by atoms with van der Waals surface area (Å²) in [5.74, 6) is 0. The van der Waals surface area contributed by atoms with Crippen LogP contribution < -0.4 is 0 Å². The van der Waals surface area contributed by atoms with Gasteiger partial charge in [-0.3, -0.25) is 5.41 Å². The van der Waals surface area contributed by atoms with Gasteiger partial charge in [-0.25, -0.2) is 0 Å². The molecule has 0 amide bonds. The van der Waals surface area contributed by atoms with E-state index in [0.29, 0.717) is 5.71 Å². The van der Waals surface area contributed by atoms with Gasteiger partial charge >= 0.3 is 0 Å². The minimum Gasteiger partial charge on any atom is -0.300 e. The summed E-state index contributed by atoms with van der Waals surface area (Å²) < 4.78 is 0. The lowest BCUT2D eigenvalue weighted by Crippen LogP contribution is -2.03. The molecule has 0 aliphatic carbocycles. The predicted molar refractivity (Wildman–Crippen MR) is 68.3 cm³/mol. The smallest absolute Gasteiger partial charge is 0.0687 e. The van der Waals surface area contributed by atoms with Crippen molar-refractivity contribution in [3.8, 4) is 0 Å². The first-order valence-corrected chi connectivity index (χ1v) is 5.40. The molecule has 0 aliphatic rings. The lowest BCUT2D eigenvalue weighted by molar-refractivity contribution is 1.35. The first-order chi connectivity index (χ1) is 7.68. The highest BCUT2D eigenvalue weighted by Crippen LogP contribution is 2.15. The first kappa shape index (κ1) is 10.6. The van der Waals surface area contributed by atoms with Crippen LogP contribution in [0, 0.1) is 19.3 Å². The topological polar surface area (TPSA) is 23.9 Å². The van der Waals surface area contributed by atoms with E-state index in [1.54, 1.807) is 0 Å². The van der Waals surface area contributed by atoms with Crippen LogP contribution in [0.5, 0.6) is 0 Å². The summed E-state index contributed by atoms with van der Waals surface area (Å²) in [5.41, 5.74) is 4.94. The highest BCUT2D eigenvalue weighted by Gasteiger charge is 2.07. The second-order valence-electron chi connectivity index (χ2n) is 4.06. The molecule has 2 rings (SSSR count). The first-order valence-electron chi connectivity index (χ1n) is 5.40. The lowest BCUT2D eigenvalue weighted by Gasteiger charge is -2.08. The minimum absolute atomic E-state index is 0.599. The Balaban J connectivity index is 2.46. The second kappa shape index (κ2) is 4.31. The fourth-order valence-electron chi connectivity index (χ4n) is 1.77. The van der Waals surface area contributed by atoms with Gasteiger partial charge in [-0.15, -0.1) is 0 Å². The quantitative estimate of drug-likeness (QED) is 0.729. The van der Waals surface area contributed by atoms with E-state index in [1.807, 2.05) is 37.3 Å². The summed E-state index contributed by atoms with van der Waals surface area (Å²) in [6.45, 7) is 4.10. The molecule has 0 unspecified atom stereocenters. The van der Waals surface area contributed by atoms with E-state index in [4.69, 9.17) is 5.41 Å². The van der Waals surface area contributed by atoms with Gasteiger partial charge in [-0.2, -0.15) is 0 Å². The molecule has 0 aliphatic heterocycles. The zero-order chi connectivity index (χ0) is 11.5. The SMILES string of the molecule is Cc1ccc(C)c(C(=N)c2ccccc2)c1. The summed E-state index contributed by atoms with van der Waals surface area (Å²) in [6.07, 6.45) is 0. The number of aryl methyl sites for hydroxylation is 2. The minimum atomic E-state index is 0.599. The third-order valence-corrected chi connectivity index (χ3v) is 2.72. The van der Waals surface area contributed by atoms with Crippen LogP contribution >= 0.6 is 0 Å². The van der Waals surface area contributed by atoms with Crippen LogP contribution in [0.15, 0.2) is 48.5 Å². The van der Waals surface area contributed by atoms with E-state index in [2.05, 4.69) is 25.1 Å². The predicted octanol–water partition coefficient (Wildman–Crippen LogP) is 3.72. The normalized spacial score (nSPS) is 10.1. The van der Waals surface area contributed by atoms with Gasteiger partial charge in [0.05, 0.1) is 5.71 Å². The monoisotopic (exact) mass is 209 g/mol. The molecule has 2 aromatic carbocycles. The molecule has 1 nitrogen and oxygen atoms in total. The molecule has 0 aromatic heterocycles. The molecule has 1 N–H and O–H groups in total. The molecule has 0 saturated carbocycles. The van der Waals surface area contributed by atoms with Crippen molar-refractivity contribution in [2.45, 2.75) is 13.8 Å². The summed E-state index contributed by atoms with van der Waals surface area (Å²) in [5, 5.41) is 8.21. The molecule has 0 saturated heterocycles. The average Bonchev–Trinajstić information content (AvgIpc) is 2.32. The highest BCUT2D eigenvalue weighted by atomic mass is 14.4. The molecule has 0 heterocycles. The van der Waals surface area contributed by atoms with Crippen molar-refractivity contribution in [2.75, 3.05) is 0 Å². The molecule has 0 bridgehead atoms. The third kappa shape index (κ3) is 2.03. The Labute approximate surface area is 96.3 Å². The largest absolute Gasteiger partial charge is 0.300 e. The molecule has 1 heteroatoms. The fraction of sp³-hybridized carbons (Fsp3) is 0.133. The van der Waals surface area contributed by atoms with E-state index in [9.17, 15) is 0 Å². The van der Waals surface area contributed by atoms with Crippen molar-refractivity contribution >= 4 is 5.71 Å². The highest BCUT2D eigenvalue weighted by molar-refractivity contribution is 6.11. The van der Waals surface area contributed by atoms with Crippen molar-refractivity contribution in [2.24, 2.45) is 0 Å². The van der Waals surface area contributed by atoms with Gasteiger partial charge in [0.2, 0.25) is 0 Å². The number of rotatable bonds is 2. The molecule has 80 valence electrons. The van der Waals surface area contributed by atoms with Crippen LogP contribution in [-0.4, -0.2) is 5.71 Å². The zero-order valence-corrected chi connectivity index (χ0v) is 9.62. The van der Waals surface area contributed by atoms with Gasteiger partial charge in [-0.1, -0.05) is 48.0 Å². The number of hydrogen-bond donors (Lipinski definition) is 1. The maximum Gasteiger partial charge on any atom is 0.0687 e. The molecular weight excluding hydrogens is 194 g/mol. The second-order valence-corrected chi connectivity index (χ2v) is 4.06. The molecule has 0 atom stereocenters. The van der Waals surface area contributed by atoms with Crippen molar-refractivity contribution in [3.63, 3.8) is 0 Å².